The largest absolute Gasteiger partial charge is 0.384 e. The van der Waals surface area contributed by atoms with Crippen LogP contribution in [0, 0.1) is 12.3 Å². The molecule has 0 atom stereocenters. The predicted octanol–water partition coefficient (Wildman–Crippen LogP) is 2.92. The zero-order valence-electron chi connectivity index (χ0n) is 14.5. The van der Waals surface area contributed by atoms with E-state index in [2.05, 4.69) is 11.9 Å². The standard InChI is InChI=1S/C20H20N6/c1-12-5-7-13(8-6-12)18-11-26(20(23)24-18)25-17-10-9-14-15(17)3-2-4-16(14)19(21)22/h2-8,11H,9-10H2,1H3,(H3,21,22)(H2,23,24). The van der Waals surface area contributed by atoms with E-state index >= 15 is 0 Å². The molecule has 0 spiro atoms. The van der Waals surface area contributed by atoms with Crippen molar-refractivity contribution in [1.82, 2.24) is 9.66 Å². The lowest BCUT2D eigenvalue weighted by Crippen LogP contribution is -2.13. The number of hydrogen-bond donors (Lipinski definition) is 3. The molecule has 0 radical (unpaired) electrons. The highest BCUT2D eigenvalue weighted by Crippen LogP contribution is 2.27. The number of nitrogen functional groups attached to an aromatic ring is 2. The van der Waals surface area contributed by atoms with Crippen LogP contribution in [0.5, 0.6) is 0 Å². The van der Waals surface area contributed by atoms with Gasteiger partial charge < -0.3 is 11.5 Å². The van der Waals surface area contributed by atoms with Gasteiger partial charge in [-0.3, -0.25) is 5.41 Å². The van der Waals surface area contributed by atoms with Crippen molar-refractivity contribution in [1.29, 1.82) is 5.41 Å². The summed E-state index contributed by atoms with van der Waals surface area (Å²) in [4.78, 5) is 4.43. The van der Waals surface area contributed by atoms with Crippen molar-refractivity contribution in [2.75, 3.05) is 5.73 Å². The van der Waals surface area contributed by atoms with E-state index in [1.165, 1.54) is 5.56 Å². The molecule has 1 aliphatic carbocycles. The molecule has 0 aliphatic heterocycles. The number of nitrogens with zero attached hydrogens (tertiary/aromatic N) is 3. The summed E-state index contributed by atoms with van der Waals surface area (Å²) in [5.41, 5.74) is 18.6. The number of rotatable bonds is 3. The van der Waals surface area contributed by atoms with Gasteiger partial charge in [0.25, 0.3) is 0 Å². The van der Waals surface area contributed by atoms with Crippen LogP contribution < -0.4 is 11.5 Å². The van der Waals surface area contributed by atoms with E-state index in [4.69, 9.17) is 22.0 Å². The Balaban J connectivity index is 1.72. The molecule has 4 rings (SSSR count). The summed E-state index contributed by atoms with van der Waals surface area (Å²) >= 11 is 0. The molecule has 2 aromatic carbocycles. The minimum absolute atomic E-state index is 0.0897. The number of hydrogen-bond acceptors (Lipinski definition) is 4. The molecule has 130 valence electrons. The van der Waals surface area contributed by atoms with Gasteiger partial charge in [-0.15, -0.1) is 0 Å². The summed E-state index contributed by atoms with van der Waals surface area (Å²) < 4.78 is 1.63. The third-order valence-corrected chi connectivity index (χ3v) is 4.68. The molecule has 3 aromatic rings. The maximum atomic E-state index is 7.74. The van der Waals surface area contributed by atoms with Gasteiger partial charge >= 0.3 is 0 Å². The zero-order chi connectivity index (χ0) is 18.3. The summed E-state index contributed by atoms with van der Waals surface area (Å²) in [5.74, 6) is 0.441. The van der Waals surface area contributed by atoms with Crippen LogP contribution in [0.4, 0.5) is 5.95 Å². The van der Waals surface area contributed by atoms with Crippen LogP contribution in [0.25, 0.3) is 11.3 Å². The van der Waals surface area contributed by atoms with Crippen molar-refractivity contribution in [2.24, 2.45) is 10.8 Å². The number of aryl methyl sites for hydroxylation is 1. The van der Waals surface area contributed by atoms with Gasteiger partial charge in [-0.1, -0.05) is 48.0 Å². The molecule has 0 bridgehead atoms. The lowest BCUT2D eigenvalue weighted by molar-refractivity contribution is 0.883. The second kappa shape index (κ2) is 6.15. The van der Waals surface area contributed by atoms with Crippen LogP contribution in [0.2, 0.25) is 0 Å². The molecule has 0 fully saturated rings. The van der Waals surface area contributed by atoms with Gasteiger partial charge in [0.15, 0.2) is 0 Å². The quantitative estimate of drug-likeness (QED) is 0.502. The lowest BCUT2D eigenvalue weighted by atomic mass is 10.0. The fourth-order valence-corrected chi connectivity index (χ4v) is 3.32. The minimum Gasteiger partial charge on any atom is -0.384 e. The Morgan fingerprint density at radius 1 is 1.15 bits per heavy atom. The van der Waals surface area contributed by atoms with E-state index < -0.39 is 0 Å². The van der Waals surface area contributed by atoms with Crippen LogP contribution in [0.1, 0.15) is 28.7 Å². The van der Waals surface area contributed by atoms with Crippen molar-refractivity contribution in [3.63, 3.8) is 0 Å². The van der Waals surface area contributed by atoms with E-state index in [1.807, 2.05) is 48.7 Å². The van der Waals surface area contributed by atoms with Crippen molar-refractivity contribution in [3.8, 4) is 11.3 Å². The molecule has 0 unspecified atom stereocenters. The summed E-state index contributed by atoms with van der Waals surface area (Å²) in [5, 5.41) is 12.4. The molecule has 0 amide bonds. The first-order valence-electron chi connectivity index (χ1n) is 8.49. The fraction of sp³-hybridized carbons (Fsp3) is 0.150. The smallest absolute Gasteiger partial charge is 0.221 e. The molecule has 1 aromatic heterocycles. The van der Waals surface area contributed by atoms with Crippen molar-refractivity contribution in [2.45, 2.75) is 19.8 Å². The Morgan fingerprint density at radius 3 is 2.65 bits per heavy atom. The van der Waals surface area contributed by atoms with Crippen LogP contribution in [0.3, 0.4) is 0 Å². The van der Waals surface area contributed by atoms with Gasteiger partial charge in [0.2, 0.25) is 5.95 Å². The monoisotopic (exact) mass is 344 g/mol. The Bertz CT molecular complexity index is 1030. The normalized spacial score (nSPS) is 14.6. The number of aromatic nitrogens is 2. The Morgan fingerprint density at radius 2 is 1.92 bits per heavy atom. The third kappa shape index (κ3) is 2.75. The number of amidine groups is 1. The maximum absolute atomic E-state index is 7.74. The predicted molar refractivity (Wildman–Crippen MR) is 105 cm³/mol. The molecule has 5 N–H and O–H groups in total. The summed E-state index contributed by atoms with van der Waals surface area (Å²) in [6, 6.07) is 14.0. The van der Waals surface area contributed by atoms with Gasteiger partial charge in [0.1, 0.15) is 5.84 Å². The highest BCUT2D eigenvalue weighted by atomic mass is 15.4. The molecular formula is C20H20N6. The second-order valence-electron chi connectivity index (χ2n) is 6.49. The topological polar surface area (TPSA) is 106 Å². The van der Waals surface area contributed by atoms with E-state index in [-0.39, 0.29) is 5.84 Å². The number of fused-ring (bicyclic) bond motifs is 1. The van der Waals surface area contributed by atoms with Gasteiger partial charge in [0.05, 0.1) is 17.6 Å². The van der Waals surface area contributed by atoms with Crippen molar-refractivity contribution < 1.29 is 0 Å². The maximum Gasteiger partial charge on any atom is 0.221 e. The van der Waals surface area contributed by atoms with Gasteiger partial charge in [-0.2, -0.15) is 5.10 Å². The van der Waals surface area contributed by atoms with Gasteiger partial charge in [-0.05, 0) is 25.3 Å². The van der Waals surface area contributed by atoms with E-state index in [1.54, 1.807) is 4.68 Å². The number of anilines is 1. The first-order valence-corrected chi connectivity index (χ1v) is 8.49. The minimum atomic E-state index is 0.0897. The number of nitrogens with two attached hydrogens (primary N) is 2. The van der Waals surface area contributed by atoms with E-state index in [9.17, 15) is 0 Å². The molecular weight excluding hydrogens is 324 g/mol. The zero-order valence-corrected chi connectivity index (χ0v) is 14.5. The number of imidazole rings is 1. The average molecular weight is 344 g/mol. The summed E-state index contributed by atoms with van der Waals surface area (Å²) in [7, 11) is 0. The van der Waals surface area contributed by atoms with Crippen molar-refractivity contribution >= 4 is 17.5 Å². The van der Waals surface area contributed by atoms with E-state index in [0.29, 0.717) is 5.95 Å². The summed E-state index contributed by atoms with van der Waals surface area (Å²) in [6.07, 6.45) is 3.46. The van der Waals surface area contributed by atoms with Crippen LogP contribution >= 0.6 is 0 Å². The Hall–Kier alpha value is -3.41. The van der Waals surface area contributed by atoms with Crippen molar-refractivity contribution in [3.05, 3.63) is 70.9 Å². The molecule has 1 heterocycles. The fourth-order valence-electron chi connectivity index (χ4n) is 3.32. The average Bonchev–Trinajstić information content (AvgIpc) is 3.20. The number of nitrogens with one attached hydrogen (secondary N) is 1. The lowest BCUT2D eigenvalue weighted by Gasteiger charge is -2.06. The van der Waals surface area contributed by atoms with Crippen LogP contribution in [-0.2, 0) is 6.42 Å². The van der Waals surface area contributed by atoms with Gasteiger partial charge in [-0.25, -0.2) is 9.66 Å². The first kappa shape index (κ1) is 16.1. The first-order chi connectivity index (χ1) is 12.5. The van der Waals surface area contributed by atoms with Crippen LogP contribution in [0.15, 0.2) is 53.8 Å². The van der Waals surface area contributed by atoms with E-state index in [0.717, 1.165) is 46.5 Å². The second-order valence-corrected chi connectivity index (χ2v) is 6.49. The SMILES string of the molecule is Cc1ccc(-c2cn(N=C3CCc4c(C(=N)N)cccc43)c(N)n2)cc1. The number of benzene rings is 2. The molecule has 1 aliphatic rings. The molecule has 6 nitrogen and oxygen atoms in total. The highest BCUT2D eigenvalue weighted by Gasteiger charge is 2.22. The highest BCUT2D eigenvalue weighted by molar-refractivity contribution is 6.08. The molecule has 26 heavy (non-hydrogen) atoms. The Kier molecular flexibility index (Phi) is 3.80. The molecule has 0 saturated carbocycles. The Labute approximate surface area is 151 Å². The van der Waals surface area contributed by atoms with Gasteiger partial charge in [0, 0.05) is 16.7 Å². The third-order valence-electron chi connectivity index (χ3n) is 4.68. The summed E-state index contributed by atoms with van der Waals surface area (Å²) in [6.45, 7) is 2.05. The van der Waals surface area contributed by atoms with Crippen LogP contribution in [-0.4, -0.2) is 21.2 Å². The molecule has 6 heteroatoms. The molecule has 0 saturated heterocycles.